The first-order valence-electron chi connectivity index (χ1n) is 8.28. The summed E-state index contributed by atoms with van der Waals surface area (Å²) < 4.78 is 0. The largest absolute Gasteiger partial charge is 0.376 e. The Morgan fingerprint density at radius 2 is 1.62 bits per heavy atom. The second-order valence-electron chi connectivity index (χ2n) is 6.28. The summed E-state index contributed by atoms with van der Waals surface area (Å²) in [6.07, 6.45) is 6.13. The van der Waals surface area contributed by atoms with Gasteiger partial charge >= 0.3 is 0 Å². The van der Waals surface area contributed by atoms with Crippen LogP contribution < -0.4 is 5.32 Å². The third-order valence-electron chi connectivity index (χ3n) is 4.23. The fraction of sp³-hybridized carbons (Fsp3) is 0.611. The van der Waals surface area contributed by atoms with E-state index in [1.54, 1.807) is 0 Å². The molecule has 0 spiro atoms. The number of nitrogens with zero attached hydrogens (tertiary/aromatic N) is 1. The number of benzene rings is 1. The van der Waals surface area contributed by atoms with Crippen molar-refractivity contribution in [2.75, 3.05) is 25.0 Å². The van der Waals surface area contributed by atoms with E-state index >= 15 is 0 Å². The minimum absolute atomic E-state index is 0.227. The number of rotatable bonds is 4. The Labute approximate surface area is 128 Å². The van der Waals surface area contributed by atoms with Crippen LogP contribution in [0.2, 0.25) is 0 Å². The van der Waals surface area contributed by atoms with Gasteiger partial charge in [0.2, 0.25) is 5.91 Å². The summed E-state index contributed by atoms with van der Waals surface area (Å²) in [6.45, 7) is 6.63. The number of nitrogens with one attached hydrogen (secondary N) is 1. The molecule has 0 radical (unpaired) electrons. The maximum absolute atomic E-state index is 12.3. The van der Waals surface area contributed by atoms with Crippen molar-refractivity contribution in [2.45, 2.75) is 51.9 Å². The number of likely N-dealkylation sites (tertiary alicyclic amines) is 1. The number of anilines is 1. The van der Waals surface area contributed by atoms with Gasteiger partial charge in [-0.15, -0.1) is 0 Å². The van der Waals surface area contributed by atoms with Crippen LogP contribution in [0.25, 0.3) is 0 Å². The van der Waals surface area contributed by atoms with E-state index in [4.69, 9.17) is 0 Å². The highest BCUT2D eigenvalue weighted by Crippen LogP contribution is 2.17. The fourth-order valence-corrected chi connectivity index (χ4v) is 2.77. The summed E-state index contributed by atoms with van der Waals surface area (Å²) in [4.78, 5) is 14.3. The van der Waals surface area contributed by atoms with Gasteiger partial charge in [0.05, 0.1) is 6.54 Å². The number of hydrogen-bond donors (Lipinski definition) is 1. The Hall–Kier alpha value is -1.51. The SMILES string of the molecule is CC(C)c1ccc(NCC(=O)N2CCCCCCC2)cc1. The van der Waals surface area contributed by atoms with Gasteiger partial charge in [0.1, 0.15) is 0 Å². The van der Waals surface area contributed by atoms with Crippen LogP contribution in [0.4, 0.5) is 5.69 Å². The lowest BCUT2D eigenvalue weighted by molar-refractivity contribution is -0.129. The van der Waals surface area contributed by atoms with E-state index in [-0.39, 0.29) is 5.91 Å². The van der Waals surface area contributed by atoms with Crippen LogP contribution in [0.1, 0.15) is 57.4 Å². The summed E-state index contributed by atoms with van der Waals surface area (Å²) in [7, 11) is 0. The number of amides is 1. The Morgan fingerprint density at radius 1 is 1.05 bits per heavy atom. The molecule has 0 atom stereocenters. The van der Waals surface area contributed by atoms with Crippen molar-refractivity contribution in [1.82, 2.24) is 4.90 Å². The van der Waals surface area contributed by atoms with Crippen LogP contribution in [-0.4, -0.2) is 30.4 Å². The van der Waals surface area contributed by atoms with Crippen LogP contribution in [0, 0.1) is 0 Å². The van der Waals surface area contributed by atoms with Crippen molar-refractivity contribution in [1.29, 1.82) is 0 Å². The minimum Gasteiger partial charge on any atom is -0.376 e. The second kappa shape index (κ2) is 8.06. The van der Waals surface area contributed by atoms with E-state index in [2.05, 4.69) is 43.4 Å². The van der Waals surface area contributed by atoms with E-state index in [1.165, 1.54) is 24.8 Å². The monoisotopic (exact) mass is 288 g/mol. The Balaban J connectivity index is 1.82. The van der Waals surface area contributed by atoms with Crippen molar-refractivity contribution in [3.05, 3.63) is 29.8 Å². The molecule has 0 aromatic heterocycles. The third-order valence-corrected chi connectivity index (χ3v) is 4.23. The lowest BCUT2D eigenvalue weighted by Gasteiger charge is -2.25. The molecular weight excluding hydrogens is 260 g/mol. The second-order valence-corrected chi connectivity index (χ2v) is 6.28. The maximum atomic E-state index is 12.3. The molecular formula is C18H28N2O. The molecule has 1 saturated heterocycles. The summed E-state index contributed by atoms with van der Waals surface area (Å²) in [6, 6.07) is 8.40. The summed E-state index contributed by atoms with van der Waals surface area (Å²) >= 11 is 0. The molecule has 21 heavy (non-hydrogen) atoms. The van der Waals surface area contributed by atoms with Gasteiger partial charge in [-0.1, -0.05) is 45.2 Å². The predicted molar refractivity (Wildman–Crippen MR) is 88.7 cm³/mol. The van der Waals surface area contributed by atoms with Gasteiger partial charge in [0.15, 0.2) is 0 Å². The standard InChI is InChI=1S/C18H28N2O/c1-15(2)16-8-10-17(11-9-16)19-14-18(21)20-12-6-4-3-5-7-13-20/h8-11,15,19H,3-7,12-14H2,1-2H3. The first-order chi connectivity index (χ1) is 10.2. The van der Waals surface area contributed by atoms with E-state index in [0.29, 0.717) is 12.5 Å². The molecule has 1 aliphatic rings. The molecule has 1 fully saturated rings. The molecule has 0 unspecified atom stereocenters. The fourth-order valence-electron chi connectivity index (χ4n) is 2.77. The maximum Gasteiger partial charge on any atom is 0.241 e. The predicted octanol–water partition coefficient (Wildman–Crippen LogP) is 4.01. The van der Waals surface area contributed by atoms with Crippen molar-refractivity contribution in [2.24, 2.45) is 0 Å². The normalized spacial score (nSPS) is 16.4. The zero-order valence-electron chi connectivity index (χ0n) is 13.4. The summed E-state index contributed by atoms with van der Waals surface area (Å²) in [5.74, 6) is 0.770. The molecule has 3 nitrogen and oxygen atoms in total. The Kier molecular flexibility index (Phi) is 6.09. The van der Waals surface area contributed by atoms with Crippen LogP contribution in [-0.2, 0) is 4.79 Å². The van der Waals surface area contributed by atoms with Crippen LogP contribution >= 0.6 is 0 Å². The van der Waals surface area contributed by atoms with Gasteiger partial charge in [-0.05, 0) is 36.5 Å². The van der Waals surface area contributed by atoms with E-state index < -0.39 is 0 Å². The van der Waals surface area contributed by atoms with Crippen LogP contribution in [0.5, 0.6) is 0 Å². The molecule has 1 heterocycles. The highest BCUT2D eigenvalue weighted by molar-refractivity contribution is 5.80. The van der Waals surface area contributed by atoms with Crippen molar-refractivity contribution in [3.63, 3.8) is 0 Å². The smallest absolute Gasteiger partial charge is 0.241 e. The molecule has 2 rings (SSSR count). The lowest BCUT2D eigenvalue weighted by atomic mass is 10.0. The first-order valence-corrected chi connectivity index (χ1v) is 8.28. The average molecular weight is 288 g/mol. The topological polar surface area (TPSA) is 32.3 Å². The molecule has 1 aliphatic heterocycles. The summed E-state index contributed by atoms with van der Waals surface area (Å²) in [5.41, 5.74) is 2.36. The minimum atomic E-state index is 0.227. The van der Waals surface area contributed by atoms with E-state index in [0.717, 1.165) is 31.6 Å². The summed E-state index contributed by atoms with van der Waals surface area (Å²) in [5, 5.41) is 3.25. The number of hydrogen-bond acceptors (Lipinski definition) is 2. The molecule has 3 heteroatoms. The highest BCUT2D eigenvalue weighted by atomic mass is 16.2. The Bertz CT molecular complexity index is 431. The molecule has 1 aromatic carbocycles. The van der Waals surface area contributed by atoms with Crippen molar-refractivity contribution in [3.8, 4) is 0 Å². The third kappa shape index (κ3) is 5.07. The van der Waals surface area contributed by atoms with Gasteiger partial charge < -0.3 is 10.2 Å². The molecule has 0 aliphatic carbocycles. The molecule has 1 amide bonds. The number of carbonyl (C=O) groups excluding carboxylic acids is 1. The molecule has 1 N–H and O–H groups in total. The van der Waals surface area contributed by atoms with Gasteiger partial charge in [-0.3, -0.25) is 4.79 Å². The van der Waals surface area contributed by atoms with Gasteiger partial charge in [0, 0.05) is 18.8 Å². The van der Waals surface area contributed by atoms with E-state index in [9.17, 15) is 4.79 Å². The molecule has 1 aromatic rings. The average Bonchev–Trinajstić information content (AvgIpc) is 2.45. The molecule has 0 bridgehead atoms. The molecule has 0 saturated carbocycles. The number of carbonyl (C=O) groups is 1. The van der Waals surface area contributed by atoms with Crippen LogP contribution in [0.15, 0.2) is 24.3 Å². The Morgan fingerprint density at radius 3 is 2.19 bits per heavy atom. The van der Waals surface area contributed by atoms with Crippen molar-refractivity contribution < 1.29 is 4.79 Å². The zero-order chi connectivity index (χ0) is 15.1. The zero-order valence-corrected chi connectivity index (χ0v) is 13.4. The quantitative estimate of drug-likeness (QED) is 0.907. The van der Waals surface area contributed by atoms with Gasteiger partial charge in [0.25, 0.3) is 0 Å². The van der Waals surface area contributed by atoms with Gasteiger partial charge in [-0.25, -0.2) is 0 Å². The molecule has 116 valence electrons. The van der Waals surface area contributed by atoms with Crippen LogP contribution in [0.3, 0.4) is 0 Å². The highest BCUT2D eigenvalue weighted by Gasteiger charge is 2.14. The van der Waals surface area contributed by atoms with Gasteiger partial charge in [-0.2, -0.15) is 0 Å². The first kappa shape index (κ1) is 15.9. The van der Waals surface area contributed by atoms with E-state index in [1.807, 2.05) is 4.90 Å². The lowest BCUT2D eigenvalue weighted by Crippen LogP contribution is -2.37. The van der Waals surface area contributed by atoms with Crippen molar-refractivity contribution >= 4 is 11.6 Å².